The molecule has 1 nitrogen and oxygen atoms in total. The number of allylic oxidation sites excluding steroid dienone is 2. The highest BCUT2D eigenvalue weighted by Crippen LogP contribution is 2.20. The van der Waals surface area contributed by atoms with Crippen LogP contribution in [0.5, 0.6) is 0 Å². The van der Waals surface area contributed by atoms with Crippen molar-refractivity contribution in [2.75, 3.05) is 19.6 Å². The molecule has 0 saturated carbocycles. The molecule has 1 rings (SSSR count). The first-order valence-corrected chi connectivity index (χ1v) is 6.01. The average molecular weight is 205 g/mol. The van der Waals surface area contributed by atoms with Crippen LogP contribution >= 0.6 is 0 Å². The lowest BCUT2D eigenvalue weighted by atomic mass is 9.99. The molecule has 1 aliphatic heterocycles. The minimum atomic E-state index is 1.09. The van der Waals surface area contributed by atoms with Crippen molar-refractivity contribution in [2.45, 2.75) is 33.1 Å². The van der Waals surface area contributed by atoms with Crippen molar-refractivity contribution >= 4 is 0 Å². The van der Waals surface area contributed by atoms with Gasteiger partial charge in [0, 0.05) is 13.1 Å². The quantitative estimate of drug-likeness (QED) is 0.663. The lowest BCUT2D eigenvalue weighted by Crippen LogP contribution is -2.31. The molecule has 0 saturated heterocycles. The fourth-order valence-electron chi connectivity index (χ4n) is 2.02. The summed E-state index contributed by atoms with van der Waals surface area (Å²) in [5, 5.41) is 0. The topological polar surface area (TPSA) is 3.24 Å². The molecule has 0 bridgehead atoms. The highest BCUT2D eigenvalue weighted by molar-refractivity contribution is 5.35. The average Bonchev–Trinajstić information content (AvgIpc) is 2.28. The van der Waals surface area contributed by atoms with E-state index in [0.29, 0.717) is 0 Å². The summed E-state index contributed by atoms with van der Waals surface area (Å²) >= 11 is 0. The van der Waals surface area contributed by atoms with Gasteiger partial charge < -0.3 is 0 Å². The lowest BCUT2D eigenvalue weighted by molar-refractivity contribution is 0.285. The zero-order valence-corrected chi connectivity index (χ0v) is 10.1. The molecule has 0 fully saturated rings. The Morgan fingerprint density at radius 2 is 2.20 bits per heavy atom. The van der Waals surface area contributed by atoms with Gasteiger partial charge >= 0.3 is 0 Å². The molecule has 1 heterocycles. The van der Waals surface area contributed by atoms with Crippen LogP contribution in [-0.2, 0) is 0 Å². The summed E-state index contributed by atoms with van der Waals surface area (Å²) in [6, 6.07) is 0. The molecular weight excluding hydrogens is 182 g/mol. The summed E-state index contributed by atoms with van der Waals surface area (Å²) in [4.78, 5) is 2.54. The fraction of sp³-hybridized carbons (Fsp3) is 0.571. The van der Waals surface area contributed by atoms with Crippen molar-refractivity contribution in [3.8, 4) is 0 Å². The summed E-state index contributed by atoms with van der Waals surface area (Å²) in [7, 11) is 0. The summed E-state index contributed by atoms with van der Waals surface area (Å²) < 4.78 is 0. The number of nitrogens with zero attached hydrogens (tertiary/aromatic N) is 1. The van der Waals surface area contributed by atoms with Crippen LogP contribution in [0, 0.1) is 0 Å². The first-order chi connectivity index (χ1) is 7.31. The number of rotatable bonds is 5. The van der Waals surface area contributed by atoms with Crippen LogP contribution in [0.25, 0.3) is 0 Å². The molecule has 1 aliphatic rings. The SMILES string of the molecule is C=CC1=C(/C=C\C)CCN(CCCC)C1. The van der Waals surface area contributed by atoms with Gasteiger partial charge in [0.1, 0.15) is 0 Å². The smallest absolute Gasteiger partial charge is 0.0236 e. The molecule has 0 unspecified atom stereocenters. The van der Waals surface area contributed by atoms with Gasteiger partial charge in [-0.2, -0.15) is 0 Å². The van der Waals surface area contributed by atoms with Gasteiger partial charge in [-0.1, -0.05) is 38.2 Å². The Balaban J connectivity index is 2.60. The summed E-state index contributed by atoms with van der Waals surface area (Å²) in [6.07, 6.45) is 10.1. The van der Waals surface area contributed by atoms with Gasteiger partial charge in [0.05, 0.1) is 0 Å². The second-order valence-corrected chi connectivity index (χ2v) is 4.13. The normalized spacial score (nSPS) is 18.8. The molecule has 0 aliphatic carbocycles. The molecule has 0 amide bonds. The maximum atomic E-state index is 3.91. The Labute approximate surface area is 94.2 Å². The Kier molecular flexibility index (Phi) is 5.41. The van der Waals surface area contributed by atoms with E-state index in [1.54, 1.807) is 0 Å². The first-order valence-electron chi connectivity index (χ1n) is 6.01. The molecule has 84 valence electrons. The van der Waals surface area contributed by atoms with E-state index in [1.807, 2.05) is 6.08 Å². The predicted octanol–water partition coefficient (Wildman–Crippen LogP) is 3.55. The van der Waals surface area contributed by atoms with Crippen LogP contribution in [-0.4, -0.2) is 24.5 Å². The van der Waals surface area contributed by atoms with Crippen molar-refractivity contribution in [3.05, 3.63) is 36.0 Å². The molecule has 0 aromatic carbocycles. The molecular formula is C14H23N. The fourth-order valence-corrected chi connectivity index (χ4v) is 2.02. The van der Waals surface area contributed by atoms with Crippen molar-refractivity contribution in [3.63, 3.8) is 0 Å². The molecule has 0 aromatic rings. The van der Waals surface area contributed by atoms with E-state index in [9.17, 15) is 0 Å². The van der Waals surface area contributed by atoms with Gasteiger partial charge in [0.15, 0.2) is 0 Å². The summed E-state index contributed by atoms with van der Waals surface area (Å²) in [5.74, 6) is 0. The molecule has 15 heavy (non-hydrogen) atoms. The third-order valence-corrected chi connectivity index (χ3v) is 2.95. The van der Waals surface area contributed by atoms with Crippen LogP contribution in [0.4, 0.5) is 0 Å². The molecule has 1 heteroatoms. The maximum Gasteiger partial charge on any atom is 0.0236 e. The molecule has 0 N–H and O–H groups in total. The molecule has 0 aromatic heterocycles. The van der Waals surface area contributed by atoms with E-state index >= 15 is 0 Å². The van der Waals surface area contributed by atoms with Crippen molar-refractivity contribution in [1.82, 2.24) is 4.90 Å². The first kappa shape index (κ1) is 12.3. The third kappa shape index (κ3) is 3.67. The largest absolute Gasteiger partial charge is 0.299 e. The maximum absolute atomic E-state index is 3.91. The van der Waals surface area contributed by atoms with E-state index in [2.05, 4.69) is 37.5 Å². The van der Waals surface area contributed by atoms with Crippen LogP contribution in [0.2, 0.25) is 0 Å². The molecule has 0 spiro atoms. The predicted molar refractivity (Wildman–Crippen MR) is 68.0 cm³/mol. The van der Waals surface area contributed by atoms with Gasteiger partial charge in [0.2, 0.25) is 0 Å². The standard InChI is InChI=1S/C14H23N/c1-4-7-10-15-11-9-14(8-5-2)13(6-3)12-15/h5-6,8H,3-4,7,9-12H2,1-2H3/b8-5-. The van der Waals surface area contributed by atoms with Crippen LogP contribution in [0.1, 0.15) is 33.1 Å². The van der Waals surface area contributed by atoms with Gasteiger partial charge in [0.25, 0.3) is 0 Å². The Hall–Kier alpha value is -0.820. The third-order valence-electron chi connectivity index (χ3n) is 2.95. The zero-order chi connectivity index (χ0) is 11.1. The van der Waals surface area contributed by atoms with E-state index in [0.717, 1.165) is 6.54 Å². The van der Waals surface area contributed by atoms with Gasteiger partial charge in [-0.05, 0) is 37.5 Å². The minimum absolute atomic E-state index is 1.09. The summed E-state index contributed by atoms with van der Waals surface area (Å²) in [6.45, 7) is 11.8. The Morgan fingerprint density at radius 1 is 1.40 bits per heavy atom. The molecule has 0 atom stereocenters. The molecule has 0 radical (unpaired) electrons. The van der Waals surface area contributed by atoms with Crippen LogP contribution in [0.3, 0.4) is 0 Å². The lowest BCUT2D eigenvalue weighted by Gasteiger charge is -2.28. The zero-order valence-electron chi connectivity index (χ0n) is 10.1. The van der Waals surface area contributed by atoms with E-state index in [-0.39, 0.29) is 0 Å². The second kappa shape index (κ2) is 6.62. The van der Waals surface area contributed by atoms with E-state index < -0.39 is 0 Å². The van der Waals surface area contributed by atoms with Crippen molar-refractivity contribution in [1.29, 1.82) is 0 Å². The number of hydrogen-bond donors (Lipinski definition) is 0. The van der Waals surface area contributed by atoms with Crippen molar-refractivity contribution in [2.24, 2.45) is 0 Å². The Bertz CT molecular complexity index is 261. The highest BCUT2D eigenvalue weighted by Gasteiger charge is 2.14. The van der Waals surface area contributed by atoms with Crippen molar-refractivity contribution < 1.29 is 0 Å². The monoisotopic (exact) mass is 205 g/mol. The minimum Gasteiger partial charge on any atom is -0.299 e. The van der Waals surface area contributed by atoms with Gasteiger partial charge in [-0.3, -0.25) is 4.90 Å². The van der Waals surface area contributed by atoms with Crippen LogP contribution in [0.15, 0.2) is 36.0 Å². The summed E-state index contributed by atoms with van der Waals surface area (Å²) in [5.41, 5.74) is 2.88. The van der Waals surface area contributed by atoms with E-state index in [1.165, 1.54) is 43.5 Å². The van der Waals surface area contributed by atoms with Crippen LogP contribution < -0.4 is 0 Å². The van der Waals surface area contributed by atoms with E-state index in [4.69, 9.17) is 0 Å². The number of unbranched alkanes of at least 4 members (excludes halogenated alkanes) is 1. The Morgan fingerprint density at radius 3 is 2.80 bits per heavy atom. The second-order valence-electron chi connectivity index (χ2n) is 4.13. The van der Waals surface area contributed by atoms with Gasteiger partial charge in [-0.15, -0.1) is 0 Å². The van der Waals surface area contributed by atoms with Gasteiger partial charge in [-0.25, -0.2) is 0 Å². The number of hydrogen-bond acceptors (Lipinski definition) is 1. The highest BCUT2D eigenvalue weighted by atomic mass is 15.1.